The van der Waals surface area contributed by atoms with Gasteiger partial charge in [0.2, 0.25) is 10.0 Å². The molecule has 0 spiro atoms. The molecular formula is C17H22ClNO4S. The van der Waals surface area contributed by atoms with E-state index in [1.165, 1.54) is 32.3 Å². The van der Waals surface area contributed by atoms with Crippen LogP contribution in [0.5, 0.6) is 0 Å². The lowest BCUT2D eigenvalue weighted by atomic mass is 9.85. The van der Waals surface area contributed by atoms with E-state index in [9.17, 15) is 13.2 Å². The Morgan fingerprint density at radius 3 is 2.58 bits per heavy atom. The van der Waals surface area contributed by atoms with Crippen LogP contribution in [0.4, 0.5) is 0 Å². The summed E-state index contributed by atoms with van der Waals surface area (Å²) in [6.07, 6.45) is 6.10. The summed E-state index contributed by atoms with van der Waals surface area (Å²) >= 11 is 5.98. The van der Waals surface area contributed by atoms with E-state index >= 15 is 0 Å². The van der Waals surface area contributed by atoms with Crippen LogP contribution in [0.15, 0.2) is 35.2 Å². The van der Waals surface area contributed by atoms with E-state index in [-0.39, 0.29) is 21.4 Å². The van der Waals surface area contributed by atoms with Crippen molar-refractivity contribution in [2.75, 3.05) is 20.7 Å². The zero-order valence-electron chi connectivity index (χ0n) is 14.0. The largest absolute Gasteiger partial charge is 0.462 e. The number of carbonyl (C=O) groups is 1. The molecule has 0 saturated carbocycles. The van der Waals surface area contributed by atoms with E-state index in [0.29, 0.717) is 12.5 Å². The van der Waals surface area contributed by atoms with Crippen LogP contribution in [0.1, 0.15) is 30.1 Å². The molecule has 1 aromatic rings. The summed E-state index contributed by atoms with van der Waals surface area (Å²) < 4.78 is 31.0. The normalized spacial score (nSPS) is 21.0. The summed E-state index contributed by atoms with van der Waals surface area (Å²) in [7, 11) is -0.901. The lowest BCUT2D eigenvalue weighted by Gasteiger charge is -2.24. The Balaban J connectivity index is 2.14. The minimum atomic E-state index is -3.72. The lowest BCUT2D eigenvalue weighted by molar-refractivity contribution is 0.0395. The molecule has 0 aromatic heterocycles. The SMILES string of the molecule is CC1CC=CCC1COC(=O)c1ccc(Cl)c(S(=O)(=O)N(C)C)c1. The molecule has 0 bridgehead atoms. The molecule has 1 aliphatic carbocycles. The van der Waals surface area contributed by atoms with Crippen molar-refractivity contribution in [2.45, 2.75) is 24.7 Å². The van der Waals surface area contributed by atoms with E-state index in [2.05, 4.69) is 19.1 Å². The number of carbonyl (C=O) groups excluding carboxylic acids is 1. The van der Waals surface area contributed by atoms with Gasteiger partial charge in [0.15, 0.2) is 0 Å². The van der Waals surface area contributed by atoms with Crippen LogP contribution < -0.4 is 0 Å². The molecule has 7 heteroatoms. The molecule has 0 fully saturated rings. The van der Waals surface area contributed by atoms with Crippen molar-refractivity contribution in [3.8, 4) is 0 Å². The van der Waals surface area contributed by atoms with Gasteiger partial charge in [-0.15, -0.1) is 0 Å². The number of hydrogen-bond donors (Lipinski definition) is 0. The quantitative estimate of drug-likeness (QED) is 0.588. The van der Waals surface area contributed by atoms with Crippen molar-refractivity contribution in [3.63, 3.8) is 0 Å². The van der Waals surface area contributed by atoms with Gasteiger partial charge in [0.1, 0.15) is 4.90 Å². The van der Waals surface area contributed by atoms with Crippen LogP contribution in [0.2, 0.25) is 5.02 Å². The number of hydrogen-bond acceptors (Lipinski definition) is 4. The first-order valence-electron chi connectivity index (χ1n) is 7.77. The Bertz CT molecular complexity index is 743. The Morgan fingerprint density at radius 1 is 1.29 bits per heavy atom. The van der Waals surface area contributed by atoms with Crippen LogP contribution >= 0.6 is 11.6 Å². The van der Waals surface area contributed by atoms with Gasteiger partial charge in [-0.2, -0.15) is 0 Å². The molecule has 5 nitrogen and oxygen atoms in total. The monoisotopic (exact) mass is 371 g/mol. The molecule has 2 atom stereocenters. The van der Waals surface area contributed by atoms with Crippen molar-refractivity contribution >= 4 is 27.6 Å². The average molecular weight is 372 g/mol. The molecule has 0 saturated heterocycles. The number of benzene rings is 1. The smallest absolute Gasteiger partial charge is 0.338 e. The predicted molar refractivity (Wildman–Crippen MR) is 93.6 cm³/mol. The van der Waals surface area contributed by atoms with Gasteiger partial charge in [-0.3, -0.25) is 0 Å². The lowest BCUT2D eigenvalue weighted by Crippen LogP contribution is -2.23. The number of ether oxygens (including phenoxy) is 1. The van der Waals surface area contributed by atoms with Crippen molar-refractivity contribution in [1.29, 1.82) is 0 Å². The third kappa shape index (κ3) is 4.18. The fourth-order valence-electron chi connectivity index (χ4n) is 2.53. The first kappa shape index (κ1) is 19.0. The number of esters is 1. The summed E-state index contributed by atoms with van der Waals surface area (Å²) in [6.45, 7) is 2.45. The number of allylic oxidation sites excluding steroid dienone is 2. The second-order valence-corrected chi connectivity index (χ2v) is 8.74. The Kier molecular flexibility index (Phi) is 6.06. The van der Waals surface area contributed by atoms with E-state index in [4.69, 9.17) is 16.3 Å². The molecule has 2 unspecified atom stereocenters. The summed E-state index contributed by atoms with van der Waals surface area (Å²) in [5.74, 6) is 0.206. The van der Waals surface area contributed by atoms with Crippen molar-refractivity contribution in [3.05, 3.63) is 40.9 Å². The van der Waals surface area contributed by atoms with E-state index in [1.54, 1.807) is 0 Å². The fraction of sp³-hybridized carbons (Fsp3) is 0.471. The molecular weight excluding hydrogens is 350 g/mol. The van der Waals surface area contributed by atoms with Crippen LogP contribution in [-0.2, 0) is 14.8 Å². The molecule has 2 rings (SSSR count). The Labute approximate surface area is 148 Å². The van der Waals surface area contributed by atoms with Crippen molar-refractivity contribution in [2.24, 2.45) is 11.8 Å². The van der Waals surface area contributed by atoms with E-state index < -0.39 is 16.0 Å². The standard InChI is InChI=1S/C17H22ClNO4S/c1-12-6-4-5-7-14(12)11-23-17(20)13-8-9-15(18)16(10-13)24(21,22)19(2)3/h4-5,8-10,12,14H,6-7,11H2,1-3H3. The first-order chi connectivity index (χ1) is 11.2. The van der Waals surface area contributed by atoms with Gasteiger partial charge in [-0.25, -0.2) is 17.5 Å². The summed E-state index contributed by atoms with van der Waals surface area (Å²) in [5.41, 5.74) is 0.179. The van der Waals surface area contributed by atoms with Crippen molar-refractivity contribution in [1.82, 2.24) is 4.31 Å². The highest BCUT2D eigenvalue weighted by atomic mass is 35.5. The van der Waals surface area contributed by atoms with Gasteiger partial charge in [-0.1, -0.05) is 30.7 Å². The van der Waals surface area contributed by atoms with E-state index in [0.717, 1.165) is 17.1 Å². The fourth-order valence-corrected chi connectivity index (χ4v) is 3.92. The molecule has 132 valence electrons. The summed E-state index contributed by atoms with van der Waals surface area (Å²) in [6, 6.07) is 4.15. The van der Waals surface area contributed by atoms with Crippen LogP contribution in [0, 0.1) is 11.8 Å². The maximum Gasteiger partial charge on any atom is 0.338 e. The minimum absolute atomic E-state index is 0.0753. The number of sulfonamides is 1. The number of rotatable bonds is 5. The van der Waals surface area contributed by atoms with Crippen molar-refractivity contribution < 1.29 is 17.9 Å². The zero-order chi connectivity index (χ0) is 17.9. The van der Waals surface area contributed by atoms with Crippen LogP contribution in [0.3, 0.4) is 0 Å². The molecule has 0 aliphatic heterocycles. The Morgan fingerprint density at radius 2 is 1.96 bits per heavy atom. The Hall–Kier alpha value is -1.37. The average Bonchev–Trinajstić information content (AvgIpc) is 2.54. The predicted octanol–water partition coefficient (Wildman–Crippen LogP) is 3.35. The molecule has 1 aromatic carbocycles. The molecule has 0 N–H and O–H groups in total. The van der Waals surface area contributed by atoms with Gasteiger partial charge in [0, 0.05) is 14.1 Å². The van der Waals surface area contributed by atoms with Gasteiger partial charge in [0.05, 0.1) is 17.2 Å². The highest BCUT2D eigenvalue weighted by Gasteiger charge is 2.24. The third-order valence-electron chi connectivity index (χ3n) is 4.27. The minimum Gasteiger partial charge on any atom is -0.462 e. The third-order valence-corrected chi connectivity index (χ3v) is 6.57. The zero-order valence-corrected chi connectivity index (χ0v) is 15.6. The van der Waals surface area contributed by atoms with Gasteiger partial charge < -0.3 is 4.74 Å². The second kappa shape index (κ2) is 7.68. The number of halogens is 1. The highest BCUT2D eigenvalue weighted by Crippen LogP contribution is 2.27. The molecule has 0 amide bonds. The van der Waals surface area contributed by atoms with Gasteiger partial charge in [-0.05, 0) is 42.9 Å². The van der Waals surface area contributed by atoms with Gasteiger partial charge >= 0.3 is 5.97 Å². The summed E-state index contributed by atoms with van der Waals surface area (Å²) in [4.78, 5) is 12.2. The molecule has 24 heavy (non-hydrogen) atoms. The van der Waals surface area contributed by atoms with Crippen LogP contribution in [-0.4, -0.2) is 39.4 Å². The molecule has 0 radical (unpaired) electrons. The maximum absolute atomic E-state index is 12.3. The molecule has 0 heterocycles. The highest BCUT2D eigenvalue weighted by molar-refractivity contribution is 7.89. The first-order valence-corrected chi connectivity index (χ1v) is 9.59. The maximum atomic E-state index is 12.3. The molecule has 1 aliphatic rings. The second-order valence-electron chi connectivity index (χ2n) is 6.21. The summed E-state index contributed by atoms with van der Waals surface area (Å²) in [5, 5.41) is 0.0753. The topological polar surface area (TPSA) is 63.7 Å². The number of nitrogens with zero attached hydrogens (tertiary/aromatic N) is 1. The van der Waals surface area contributed by atoms with Crippen LogP contribution in [0.25, 0.3) is 0 Å². The van der Waals surface area contributed by atoms with Gasteiger partial charge in [0.25, 0.3) is 0 Å². The van der Waals surface area contributed by atoms with E-state index in [1.807, 2.05) is 0 Å².